The van der Waals surface area contributed by atoms with E-state index in [1.54, 1.807) is 9.80 Å². The van der Waals surface area contributed by atoms with Gasteiger partial charge in [0, 0.05) is 31.9 Å². The molecular formula is C17H23N3O2. The Morgan fingerprint density at radius 3 is 2.36 bits per heavy atom. The Morgan fingerprint density at radius 2 is 1.68 bits per heavy atom. The predicted octanol–water partition coefficient (Wildman–Crippen LogP) is 2.25. The van der Waals surface area contributed by atoms with Gasteiger partial charge in [-0.2, -0.15) is 0 Å². The molecule has 2 aliphatic heterocycles. The van der Waals surface area contributed by atoms with Crippen molar-refractivity contribution in [3.05, 3.63) is 29.8 Å². The molecule has 0 spiro atoms. The highest BCUT2D eigenvalue weighted by Crippen LogP contribution is 2.21. The molecule has 0 aromatic heterocycles. The first-order chi connectivity index (χ1) is 10.6. The van der Waals surface area contributed by atoms with Crippen LogP contribution in [0.2, 0.25) is 0 Å². The average molecular weight is 301 g/mol. The van der Waals surface area contributed by atoms with E-state index in [0.717, 1.165) is 31.6 Å². The molecule has 0 saturated carbocycles. The third kappa shape index (κ3) is 3.08. The van der Waals surface area contributed by atoms with Crippen molar-refractivity contribution in [1.29, 1.82) is 0 Å². The Balaban J connectivity index is 1.61. The van der Waals surface area contributed by atoms with Crippen LogP contribution in [0.5, 0.6) is 0 Å². The zero-order valence-electron chi connectivity index (χ0n) is 13.1. The molecule has 3 amide bonds. The first kappa shape index (κ1) is 14.9. The molecule has 0 unspecified atom stereocenters. The third-order valence-corrected chi connectivity index (χ3v) is 4.48. The van der Waals surface area contributed by atoms with E-state index < -0.39 is 0 Å². The summed E-state index contributed by atoms with van der Waals surface area (Å²) in [5, 5.41) is 0. The van der Waals surface area contributed by atoms with Crippen LogP contribution in [0.4, 0.5) is 10.5 Å². The van der Waals surface area contributed by atoms with Gasteiger partial charge in [-0.3, -0.25) is 9.69 Å². The topological polar surface area (TPSA) is 43.9 Å². The minimum atomic E-state index is -0.0609. The average Bonchev–Trinajstić information content (AvgIpc) is 2.90. The van der Waals surface area contributed by atoms with E-state index in [-0.39, 0.29) is 18.5 Å². The van der Waals surface area contributed by atoms with Crippen LogP contribution >= 0.6 is 0 Å². The van der Waals surface area contributed by atoms with Crippen molar-refractivity contribution in [3.8, 4) is 0 Å². The van der Waals surface area contributed by atoms with Gasteiger partial charge in [0.15, 0.2) is 0 Å². The van der Waals surface area contributed by atoms with Crippen LogP contribution in [0, 0.1) is 6.92 Å². The monoisotopic (exact) mass is 301 g/mol. The van der Waals surface area contributed by atoms with Gasteiger partial charge in [-0.1, -0.05) is 17.7 Å². The summed E-state index contributed by atoms with van der Waals surface area (Å²) in [7, 11) is 0. The molecule has 1 aromatic rings. The highest BCUT2D eigenvalue weighted by molar-refractivity contribution is 5.96. The van der Waals surface area contributed by atoms with Crippen molar-refractivity contribution >= 4 is 17.6 Å². The Hall–Kier alpha value is -2.04. The second-order valence-corrected chi connectivity index (χ2v) is 6.13. The number of hydrogen-bond donors (Lipinski definition) is 0. The number of piperidine rings is 1. The van der Waals surface area contributed by atoms with E-state index in [0.29, 0.717) is 13.1 Å². The van der Waals surface area contributed by atoms with E-state index in [9.17, 15) is 9.59 Å². The summed E-state index contributed by atoms with van der Waals surface area (Å²) in [6.45, 7) is 5.17. The van der Waals surface area contributed by atoms with Crippen LogP contribution in [0.25, 0.3) is 0 Å². The van der Waals surface area contributed by atoms with E-state index in [1.807, 2.05) is 36.1 Å². The van der Waals surface area contributed by atoms with Gasteiger partial charge in [0.2, 0.25) is 5.91 Å². The van der Waals surface area contributed by atoms with Gasteiger partial charge < -0.3 is 9.80 Å². The maximum absolute atomic E-state index is 12.5. The SMILES string of the molecule is Cc1ccc(N2CCN(CC(=O)N3CCCCC3)C2=O)cc1. The fourth-order valence-electron chi connectivity index (χ4n) is 3.10. The highest BCUT2D eigenvalue weighted by atomic mass is 16.2. The Kier molecular flexibility index (Phi) is 4.32. The van der Waals surface area contributed by atoms with Gasteiger partial charge >= 0.3 is 6.03 Å². The maximum atomic E-state index is 12.5. The smallest absolute Gasteiger partial charge is 0.325 e. The summed E-state index contributed by atoms with van der Waals surface area (Å²) in [5.74, 6) is 0.0822. The van der Waals surface area contributed by atoms with Crippen LogP contribution in [0.15, 0.2) is 24.3 Å². The standard InChI is InChI=1S/C17H23N3O2/c1-14-5-7-15(8-6-14)20-12-11-19(17(20)22)13-16(21)18-9-3-2-4-10-18/h5-8H,2-4,9-13H2,1H3. The number of carbonyl (C=O) groups excluding carboxylic acids is 2. The minimum Gasteiger partial charge on any atom is -0.341 e. The van der Waals surface area contributed by atoms with Crippen LogP contribution in [-0.4, -0.2) is 54.5 Å². The number of likely N-dealkylation sites (tertiary alicyclic amines) is 1. The zero-order valence-corrected chi connectivity index (χ0v) is 13.1. The number of rotatable bonds is 3. The van der Waals surface area contributed by atoms with Gasteiger partial charge in [-0.25, -0.2) is 4.79 Å². The van der Waals surface area contributed by atoms with Crippen molar-refractivity contribution in [1.82, 2.24) is 9.80 Å². The van der Waals surface area contributed by atoms with E-state index in [2.05, 4.69) is 0 Å². The third-order valence-electron chi connectivity index (χ3n) is 4.48. The van der Waals surface area contributed by atoms with Crippen molar-refractivity contribution in [2.24, 2.45) is 0 Å². The second kappa shape index (κ2) is 6.38. The molecule has 3 rings (SSSR count). The molecule has 5 heteroatoms. The largest absolute Gasteiger partial charge is 0.341 e. The van der Waals surface area contributed by atoms with Gasteiger partial charge in [-0.15, -0.1) is 0 Å². The summed E-state index contributed by atoms with van der Waals surface area (Å²) < 4.78 is 0. The number of carbonyl (C=O) groups is 2. The van der Waals surface area contributed by atoms with Gasteiger partial charge in [0.25, 0.3) is 0 Å². The first-order valence-electron chi connectivity index (χ1n) is 8.06. The maximum Gasteiger partial charge on any atom is 0.325 e. The molecule has 2 heterocycles. The van der Waals surface area contributed by atoms with E-state index >= 15 is 0 Å². The summed E-state index contributed by atoms with van der Waals surface area (Å²) in [6, 6.07) is 7.87. The quantitative estimate of drug-likeness (QED) is 0.859. The van der Waals surface area contributed by atoms with E-state index in [4.69, 9.17) is 0 Å². The lowest BCUT2D eigenvalue weighted by Crippen LogP contribution is -2.44. The lowest BCUT2D eigenvalue weighted by atomic mass is 10.1. The first-order valence-corrected chi connectivity index (χ1v) is 8.06. The van der Waals surface area contributed by atoms with Gasteiger partial charge in [0.1, 0.15) is 6.54 Å². The number of amides is 3. The highest BCUT2D eigenvalue weighted by Gasteiger charge is 2.32. The summed E-state index contributed by atoms with van der Waals surface area (Å²) >= 11 is 0. The molecule has 22 heavy (non-hydrogen) atoms. The molecule has 2 aliphatic rings. The molecule has 118 valence electrons. The molecule has 0 aliphatic carbocycles. The number of hydrogen-bond acceptors (Lipinski definition) is 2. The minimum absolute atomic E-state index is 0.0609. The van der Waals surface area contributed by atoms with Crippen molar-refractivity contribution in [2.75, 3.05) is 37.6 Å². The summed E-state index contributed by atoms with van der Waals surface area (Å²) in [5.41, 5.74) is 2.08. The Bertz CT molecular complexity index is 550. The lowest BCUT2D eigenvalue weighted by molar-refractivity contribution is -0.132. The molecule has 0 bridgehead atoms. The fraction of sp³-hybridized carbons (Fsp3) is 0.529. The molecular weight excluding hydrogens is 278 g/mol. The Labute approximate surface area is 131 Å². The zero-order chi connectivity index (χ0) is 15.5. The van der Waals surface area contributed by atoms with Crippen molar-refractivity contribution in [2.45, 2.75) is 26.2 Å². The summed E-state index contributed by atoms with van der Waals surface area (Å²) in [4.78, 5) is 30.1. The van der Waals surface area contributed by atoms with Crippen LogP contribution in [0.1, 0.15) is 24.8 Å². The number of anilines is 1. The number of aryl methyl sites for hydroxylation is 1. The fourth-order valence-corrected chi connectivity index (χ4v) is 3.10. The number of urea groups is 1. The second-order valence-electron chi connectivity index (χ2n) is 6.13. The molecule has 2 saturated heterocycles. The molecule has 0 radical (unpaired) electrons. The Morgan fingerprint density at radius 1 is 1.00 bits per heavy atom. The predicted molar refractivity (Wildman–Crippen MR) is 85.9 cm³/mol. The molecule has 0 N–H and O–H groups in total. The normalized spacial score (nSPS) is 19.0. The summed E-state index contributed by atoms with van der Waals surface area (Å²) in [6.07, 6.45) is 3.36. The van der Waals surface area contributed by atoms with E-state index in [1.165, 1.54) is 12.0 Å². The molecule has 0 atom stereocenters. The van der Waals surface area contributed by atoms with Crippen molar-refractivity contribution < 1.29 is 9.59 Å². The number of benzene rings is 1. The molecule has 5 nitrogen and oxygen atoms in total. The van der Waals surface area contributed by atoms with Crippen LogP contribution < -0.4 is 4.90 Å². The molecule has 1 aromatic carbocycles. The lowest BCUT2D eigenvalue weighted by Gasteiger charge is -2.28. The molecule has 2 fully saturated rings. The van der Waals surface area contributed by atoms with Gasteiger partial charge in [-0.05, 0) is 38.3 Å². The van der Waals surface area contributed by atoms with Crippen LogP contribution in [-0.2, 0) is 4.79 Å². The number of nitrogens with zero attached hydrogens (tertiary/aromatic N) is 3. The van der Waals surface area contributed by atoms with Gasteiger partial charge in [0.05, 0.1) is 0 Å². The van der Waals surface area contributed by atoms with Crippen LogP contribution in [0.3, 0.4) is 0 Å². The van der Waals surface area contributed by atoms with Crippen molar-refractivity contribution in [3.63, 3.8) is 0 Å².